The van der Waals surface area contributed by atoms with Gasteiger partial charge in [-0.2, -0.15) is 0 Å². The SMILES string of the molecule is Cc1cc2c3c(c1)N(c1ccc(C(C)(C)C)cc1-c1ccccc1)c1oc4cc5c(cc4c1B3N(c1ccc3c(c1)C(C)(C)CCC3(C)C)c1ccc(N(c3ccc(C(C)(C)C)cc3)c3ccc(C(C)(C)C)cc3)cc1-2)C(C)(C)CCC5(C)C. The number of benzene rings is 8. The molecule has 428 valence electrons. The van der Waals surface area contributed by atoms with Crippen molar-refractivity contribution in [3.63, 3.8) is 0 Å². The molecule has 2 aliphatic heterocycles. The quantitative estimate of drug-likeness (QED) is 0.155. The largest absolute Gasteiger partial charge is 0.440 e. The minimum absolute atomic E-state index is 0.00306. The first kappa shape index (κ1) is 55.9. The number of rotatable bonds is 6. The summed E-state index contributed by atoms with van der Waals surface area (Å²) in [6.45, 7) is 42.5. The highest BCUT2D eigenvalue weighted by molar-refractivity contribution is 6.95. The lowest BCUT2D eigenvalue weighted by atomic mass is 9.43. The van der Waals surface area contributed by atoms with Gasteiger partial charge in [-0.15, -0.1) is 0 Å². The van der Waals surface area contributed by atoms with E-state index in [2.05, 4.69) is 297 Å². The third kappa shape index (κ3) is 9.07. The van der Waals surface area contributed by atoms with E-state index < -0.39 is 0 Å². The first-order valence-electron chi connectivity index (χ1n) is 31.3. The van der Waals surface area contributed by atoms with Gasteiger partial charge in [-0.25, -0.2) is 0 Å². The minimum atomic E-state index is -0.239. The third-order valence-corrected chi connectivity index (χ3v) is 20.3. The van der Waals surface area contributed by atoms with Crippen LogP contribution in [0.2, 0.25) is 0 Å². The summed E-state index contributed by atoms with van der Waals surface area (Å²) in [5.74, 6) is 0.894. The molecule has 0 saturated heterocycles. The number of fused-ring (bicyclic) bond motifs is 8. The Morgan fingerprint density at radius 1 is 0.429 bits per heavy atom. The third-order valence-electron chi connectivity index (χ3n) is 20.3. The van der Waals surface area contributed by atoms with Crippen molar-refractivity contribution in [1.82, 2.24) is 0 Å². The second-order valence-electron chi connectivity index (χ2n) is 31.3. The van der Waals surface area contributed by atoms with Crippen LogP contribution >= 0.6 is 0 Å². The molecule has 8 aromatic carbocycles. The van der Waals surface area contributed by atoms with Crippen molar-refractivity contribution in [2.75, 3.05) is 14.6 Å². The second kappa shape index (κ2) is 18.9. The van der Waals surface area contributed by atoms with E-state index in [9.17, 15) is 0 Å². The predicted molar refractivity (Wildman–Crippen MR) is 361 cm³/mol. The highest BCUT2D eigenvalue weighted by Crippen LogP contribution is 2.55. The molecule has 84 heavy (non-hydrogen) atoms. The number of hydrogen-bond acceptors (Lipinski definition) is 4. The van der Waals surface area contributed by atoms with Crippen molar-refractivity contribution >= 4 is 74.4 Å². The highest BCUT2D eigenvalue weighted by Gasteiger charge is 2.50. The van der Waals surface area contributed by atoms with Gasteiger partial charge in [0.2, 0.25) is 5.88 Å². The molecule has 0 N–H and O–H groups in total. The van der Waals surface area contributed by atoms with Crippen molar-refractivity contribution in [1.29, 1.82) is 0 Å². The van der Waals surface area contributed by atoms with Crippen molar-refractivity contribution < 1.29 is 4.42 Å². The van der Waals surface area contributed by atoms with Crippen LogP contribution in [0, 0.1) is 6.92 Å². The Morgan fingerprint density at radius 2 is 0.940 bits per heavy atom. The Bertz CT molecular complexity index is 4040. The summed E-state index contributed by atoms with van der Waals surface area (Å²) in [6, 6.07) is 61.7. The standard InChI is InChI=1S/C79H88BN3O/c1-49-42-60-59-45-56(81(54-29-24-51(25-30-54)73(2,3)4)55-31-26-52(27-32-55)74(5,6)7)34-37-67(59)83(57-33-35-62-63(46-57)77(13,14)39-38-76(62,11)12)80-70(60)68(43-49)82(66-36-28-53(75(8,9)10)44-58(66)50-22-20-19-21-23-50)72-71(80)61-47-64-65(48-69(61)84-72)79(17,18)41-40-78(64,15)16/h19-37,42-48H,38-41H2,1-18H3. The number of aryl methyl sites for hydroxylation is 1. The molecule has 0 radical (unpaired) electrons. The van der Waals surface area contributed by atoms with Gasteiger partial charge in [0.15, 0.2) is 0 Å². The maximum Gasteiger partial charge on any atom is 0.337 e. The van der Waals surface area contributed by atoms with E-state index in [4.69, 9.17) is 4.42 Å². The summed E-state index contributed by atoms with van der Waals surface area (Å²) >= 11 is 0. The summed E-state index contributed by atoms with van der Waals surface area (Å²) in [6.07, 6.45) is 4.55. The lowest BCUT2D eigenvalue weighted by Crippen LogP contribution is -2.61. The molecular weight excluding hydrogens is 1020 g/mol. The van der Waals surface area contributed by atoms with Gasteiger partial charge < -0.3 is 14.1 Å². The molecule has 4 nitrogen and oxygen atoms in total. The molecular formula is C79H88BN3O. The van der Waals surface area contributed by atoms with Crippen LogP contribution in [0.4, 0.5) is 45.7 Å². The van der Waals surface area contributed by atoms with Crippen LogP contribution in [0.15, 0.2) is 162 Å². The molecule has 0 fully saturated rings. The number of anilines is 8. The maximum absolute atomic E-state index is 7.79. The molecule has 0 atom stereocenters. The zero-order valence-electron chi connectivity index (χ0n) is 53.7. The predicted octanol–water partition coefficient (Wildman–Crippen LogP) is 21.2. The maximum atomic E-state index is 7.79. The van der Waals surface area contributed by atoms with E-state index >= 15 is 0 Å². The zero-order valence-corrected chi connectivity index (χ0v) is 53.7. The van der Waals surface area contributed by atoms with Crippen LogP contribution in [0.25, 0.3) is 33.2 Å². The van der Waals surface area contributed by atoms with E-state index in [1.807, 2.05) is 0 Å². The van der Waals surface area contributed by atoms with Crippen molar-refractivity contribution in [2.24, 2.45) is 0 Å². The zero-order chi connectivity index (χ0) is 59.6. The number of nitrogens with zero attached hydrogens (tertiary/aromatic N) is 3. The molecule has 0 bridgehead atoms. The Morgan fingerprint density at radius 3 is 1.51 bits per heavy atom. The molecule has 0 spiro atoms. The monoisotopic (exact) mass is 1110 g/mol. The fraction of sp³-hybridized carbons (Fsp3) is 0.367. The Kier molecular flexibility index (Phi) is 12.6. The van der Waals surface area contributed by atoms with E-state index in [1.165, 1.54) is 94.4 Å². The second-order valence-corrected chi connectivity index (χ2v) is 31.3. The number of hydrogen-bond donors (Lipinski definition) is 0. The molecule has 0 amide bonds. The molecule has 13 rings (SSSR count). The Labute approximate surface area is 503 Å². The van der Waals surface area contributed by atoms with Gasteiger partial charge in [-0.1, -0.05) is 190 Å². The summed E-state index contributed by atoms with van der Waals surface area (Å²) in [7, 11) is 0. The first-order valence-corrected chi connectivity index (χ1v) is 31.3. The summed E-state index contributed by atoms with van der Waals surface area (Å²) in [4.78, 5) is 7.75. The highest BCUT2D eigenvalue weighted by atomic mass is 16.4. The van der Waals surface area contributed by atoms with Crippen molar-refractivity contribution in [3.8, 4) is 22.3 Å². The lowest BCUT2D eigenvalue weighted by Gasteiger charge is -2.46. The summed E-state index contributed by atoms with van der Waals surface area (Å²) in [5, 5.41) is 1.20. The molecule has 2 aliphatic carbocycles. The van der Waals surface area contributed by atoms with Gasteiger partial charge in [-0.3, -0.25) is 4.90 Å². The van der Waals surface area contributed by atoms with Gasteiger partial charge in [0.25, 0.3) is 0 Å². The topological polar surface area (TPSA) is 22.9 Å². The van der Waals surface area contributed by atoms with E-state index in [0.29, 0.717) is 0 Å². The fourth-order valence-electron chi connectivity index (χ4n) is 14.8. The number of furan rings is 1. The van der Waals surface area contributed by atoms with Gasteiger partial charge in [0.1, 0.15) is 5.58 Å². The molecule has 4 aliphatic rings. The molecule has 1 aromatic heterocycles. The van der Waals surface area contributed by atoms with E-state index in [0.717, 1.165) is 65.6 Å². The van der Waals surface area contributed by atoms with Gasteiger partial charge in [0.05, 0.1) is 5.69 Å². The van der Waals surface area contributed by atoms with Crippen molar-refractivity contribution in [2.45, 2.75) is 188 Å². The molecule has 0 unspecified atom stereocenters. The fourth-order valence-corrected chi connectivity index (χ4v) is 14.8. The average Bonchev–Trinajstić information content (AvgIpc) is 1.53. The minimum Gasteiger partial charge on any atom is -0.440 e. The van der Waals surface area contributed by atoms with Crippen LogP contribution in [0.3, 0.4) is 0 Å². The van der Waals surface area contributed by atoms with Crippen LogP contribution in [0.1, 0.15) is 188 Å². The molecule has 3 heterocycles. The summed E-state index contributed by atoms with van der Waals surface area (Å²) in [5.41, 5.74) is 27.2. The normalized spacial score (nSPS) is 17.3. The van der Waals surface area contributed by atoms with Crippen LogP contribution in [-0.4, -0.2) is 6.85 Å². The Balaban J connectivity index is 1.15. The van der Waals surface area contributed by atoms with Gasteiger partial charge in [0, 0.05) is 56.1 Å². The molecule has 9 aromatic rings. The smallest absolute Gasteiger partial charge is 0.337 e. The van der Waals surface area contributed by atoms with E-state index in [1.54, 1.807) is 0 Å². The van der Waals surface area contributed by atoms with Crippen LogP contribution in [-0.2, 0) is 37.9 Å². The summed E-state index contributed by atoms with van der Waals surface area (Å²) < 4.78 is 7.79. The van der Waals surface area contributed by atoms with Crippen LogP contribution in [0.5, 0.6) is 0 Å². The molecule has 5 heteroatoms. The van der Waals surface area contributed by atoms with Gasteiger partial charge >= 0.3 is 6.85 Å². The van der Waals surface area contributed by atoms with E-state index in [-0.39, 0.29) is 44.8 Å². The Hall–Kier alpha value is -7.24. The van der Waals surface area contributed by atoms with Crippen molar-refractivity contribution in [3.05, 3.63) is 202 Å². The van der Waals surface area contributed by atoms with Crippen LogP contribution < -0.4 is 25.5 Å². The first-order chi connectivity index (χ1) is 39.4. The lowest BCUT2D eigenvalue weighted by molar-refractivity contribution is 0.332. The molecule has 0 saturated carbocycles. The average molecular weight is 1110 g/mol. The van der Waals surface area contributed by atoms with Gasteiger partial charge in [-0.05, 0) is 217 Å².